The third kappa shape index (κ3) is 3.80. The highest BCUT2D eigenvalue weighted by Gasteiger charge is 2.24. The number of hydrogen-bond acceptors (Lipinski definition) is 4. The van der Waals surface area contributed by atoms with E-state index in [0.29, 0.717) is 0 Å². The van der Waals surface area contributed by atoms with E-state index >= 15 is 0 Å². The Hall–Kier alpha value is -0.450. The van der Waals surface area contributed by atoms with Gasteiger partial charge < -0.3 is 9.73 Å². The fourth-order valence-corrected chi connectivity index (χ4v) is 4.39. The first kappa shape index (κ1) is 14.5. The number of rotatable bonds is 5. The van der Waals surface area contributed by atoms with Crippen LogP contribution in [0.3, 0.4) is 0 Å². The Morgan fingerprint density at radius 2 is 2.00 bits per heavy atom. The largest absolute Gasteiger partial charge is 0.463 e. The van der Waals surface area contributed by atoms with Gasteiger partial charge in [-0.2, -0.15) is 11.8 Å². The lowest BCUT2D eigenvalue weighted by Crippen LogP contribution is -2.39. The maximum absolute atomic E-state index is 6.05. The molecule has 1 aliphatic heterocycles. The summed E-state index contributed by atoms with van der Waals surface area (Å²) >= 11 is 2.10. The van der Waals surface area contributed by atoms with Crippen LogP contribution in [0.1, 0.15) is 43.8 Å². The van der Waals surface area contributed by atoms with Crippen LogP contribution in [0.5, 0.6) is 0 Å². The van der Waals surface area contributed by atoms with Gasteiger partial charge in [0.05, 0.1) is 13.1 Å². The van der Waals surface area contributed by atoms with Crippen LogP contribution >= 0.6 is 11.8 Å². The van der Waals surface area contributed by atoms with E-state index in [2.05, 4.69) is 48.8 Å². The number of furan rings is 1. The third-order valence-electron chi connectivity index (χ3n) is 4.07. The molecule has 20 heavy (non-hydrogen) atoms. The van der Waals surface area contributed by atoms with E-state index in [1.54, 1.807) is 0 Å². The summed E-state index contributed by atoms with van der Waals surface area (Å²) in [5, 5.41) is 4.99. The average molecular weight is 294 g/mol. The van der Waals surface area contributed by atoms with Gasteiger partial charge in [-0.05, 0) is 31.4 Å². The van der Waals surface area contributed by atoms with Crippen molar-refractivity contribution in [2.75, 3.05) is 13.1 Å². The van der Waals surface area contributed by atoms with Gasteiger partial charge in [-0.1, -0.05) is 13.8 Å². The molecule has 0 radical (unpaired) electrons. The Labute approximate surface area is 126 Å². The molecule has 1 aromatic heterocycles. The summed E-state index contributed by atoms with van der Waals surface area (Å²) in [4.78, 5) is 2.53. The van der Waals surface area contributed by atoms with Crippen LogP contribution in [0.4, 0.5) is 0 Å². The molecule has 2 unspecified atom stereocenters. The summed E-state index contributed by atoms with van der Waals surface area (Å²) in [5.74, 6) is 2.25. The molecule has 0 bridgehead atoms. The predicted molar refractivity (Wildman–Crippen MR) is 85.1 cm³/mol. The van der Waals surface area contributed by atoms with Crippen LogP contribution in [0, 0.1) is 6.92 Å². The molecule has 1 aromatic rings. The zero-order valence-electron chi connectivity index (χ0n) is 12.8. The summed E-state index contributed by atoms with van der Waals surface area (Å²) in [7, 11) is 0. The van der Waals surface area contributed by atoms with Crippen molar-refractivity contribution in [3.63, 3.8) is 0 Å². The minimum Gasteiger partial charge on any atom is -0.463 e. The topological polar surface area (TPSA) is 28.4 Å². The van der Waals surface area contributed by atoms with Crippen molar-refractivity contribution in [2.45, 2.75) is 63.2 Å². The van der Waals surface area contributed by atoms with Gasteiger partial charge in [-0.25, -0.2) is 0 Å². The molecule has 1 saturated heterocycles. The number of nitrogens with zero attached hydrogens (tertiary/aromatic N) is 1. The van der Waals surface area contributed by atoms with E-state index in [1.807, 2.05) is 0 Å². The lowest BCUT2D eigenvalue weighted by Gasteiger charge is -2.33. The van der Waals surface area contributed by atoms with Gasteiger partial charge in [0.2, 0.25) is 0 Å². The van der Waals surface area contributed by atoms with E-state index in [-0.39, 0.29) is 0 Å². The molecule has 2 atom stereocenters. The van der Waals surface area contributed by atoms with E-state index < -0.39 is 0 Å². The van der Waals surface area contributed by atoms with E-state index in [0.717, 1.165) is 41.2 Å². The van der Waals surface area contributed by atoms with Crippen molar-refractivity contribution in [3.05, 3.63) is 23.2 Å². The molecule has 0 amide bonds. The first-order valence-corrected chi connectivity index (χ1v) is 8.74. The van der Waals surface area contributed by atoms with E-state index in [9.17, 15) is 0 Å². The van der Waals surface area contributed by atoms with Gasteiger partial charge in [-0.3, -0.25) is 4.90 Å². The fraction of sp³-hybridized carbons (Fsp3) is 0.750. The summed E-state index contributed by atoms with van der Waals surface area (Å²) in [6.07, 6.45) is 2.65. The first-order chi connectivity index (χ1) is 9.60. The third-order valence-corrected chi connectivity index (χ3v) is 5.30. The molecule has 2 aliphatic rings. The molecule has 112 valence electrons. The number of thioether (sulfide) groups is 1. The van der Waals surface area contributed by atoms with E-state index in [4.69, 9.17) is 4.42 Å². The number of aryl methyl sites for hydroxylation is 1. The van der Waals surface area contributed by atoms with Gasteiger partial charge in [0.1, 0.15) is 11.5 Å². The minimum atomic E-state index is 0.728. The zero-order valence-corrected chi connectivity index (χ0v) is 13.6. The molecule has 0 aromatic carbocycles. The maximum atomic E-state index is 6.05. The quantitative estimate of drug-likeness (QED) is 0.903. The van der Waals surface area contributed by atoms with Gasteiger partial charge >= 0.3 is 0 Å². The van der Waals surface area contributed by atoms with Crippen LogP contribution in [-0.4, -0.2) is 34.5 Å². The molecular formula is C16H26N2OS. The highest BCUT2D eigenvalue weighted by atomic mass is 32.2. The SMILES string of the molecule is Cc1cc(CN2CC(C)SC(C)C2)oc1CNC1CC1. The lowest BCUT2D eigenvalue weighted by atomic mass is 10.2. The number of hydrogen-bond donors (Lipinski definition) is 1. The van der Waals surface area contributed by atoms with Crippen molar-refractivity contribution >= 4 is 11.8 Å². The standard InChI is InChI=1S/C16H26N2OS/c1-11-6-15(19-16(11)7-17-14-4-5-14)10-18-8-12(2)20-13(3)9-18/h6,12-14,17H,4-5,7-10H2,1-3H3. The van der Waals surface area contributed by atoms with Gasteiger partial charge in [0, 0.05) is 29.6 Å². The summed E-state index contributed by atoms with van der Waals surface area (Å²) in [5.41, 5.74) is 1.29. The lowest BCUT2D eigenvalue weighted by molar-refractivity contribution is 0.238. The molecule has 3 rings (SSSR count). The Kier molecular flexibility index (Phi) is 4.43. The zero-order chi connectivity index (χ0) is 14.1. The molecule has 1 N–H and O–H groups in total. The first-order valence-electron chi connectivity index (χ1n) is 7.79. The molecule has 1 aliphatic carbocycles. The molecule has 4 heteroatoms. The summed E-state index contributed by atoms with van der Waals surface area (Å²) in [6.45, 7) is 11.0. The van der Waals surface area contributed by atoms with E-state index in [1.165, 1.54) is 31.5 Å². The second-order valence-electron chi connectivity index (χ2n) is 6.43. The van der Waals surface area contributed by atoms with Crippen LogP contribution in [0.2, 0.25) is 0 Å². The molecule has 0 spiro atoms. The van der Waals surface area contributed by atoms with Gasteiger partial charge in [0.15, 0.2) is 0 Å². The van der Waals surface area contributed by atoms with Crippen molar-refractivity contribution in [3.8, 4) is 0 Å². The highest BCUT2D eigenvalue weighted by Crippen LogP contribution is 2.27. The van der Waals surface area contributed by atoms with Gasteiger partial charge in [-0.15, -0.1) is 0 Å². The maximum Gasteiger partial charge on any atom is 0.120 e. The Balaban J connectivity index is 1.57. The highest BCUT2D eigenvalue weighted by molar-refractivity contribution is 8.00. The van der Waals surface area contributed by atoms with Crippen LogP contribution in [0.15, 0.2) is 10.5 Å². The second kappa shape index (κ2) is 6.12. The van der Waals surface area contributed by atoms with Gasteiger partial charge in [0.25, 0.3) is 0 Å². The average Bonchev–Trinajstić information content (AvgIpc) is 3.11. The number of nitrogens with one attached hydrogen (secondary N) is 1. The molecular weight excluding hydrogens is 268 g/mol. The minimum absolute atomic E-state index is 0.728. The smallest absolute Gasteiger partial charge is 0.120 e. The summed E-state index contributed by atoms with van der Waals surface area (Å²) in [6, 6.07) is 2.96. The van der Waals surface area contributed by atoms with Crippen LogP contribution in [-0.2, 0) is 13.1 Å². The Bertz CT molecular complexity index is 445. The fourth-order valence-electron chi connectivity index (χ4n) is 3.00. The van der Waals surface area contributed by atoms with Crippen molar-refractivity contribution in [1.82, 2.24) is 10.2 Å². The Morgan fingerprint density at radius 3 is 2.65 bits per heavy atom. The monoisotopic (exact) mass is 294 g/mol. The predicted octanol–water partition coefficient (Wildman–Crippen LogP) is 3.17. The van der Waals surface area contributed by atoms with Crippen LogP contribution in [0.25, 0.3) is 0 Å². The molecule has 2 fully saturated rings. The van der Waals surface area contributed by atoms with Crippen molar-refractivity contribution in [1.29, 1.82) is 0 Å². The second-order valence-corrected chi connectivity index (χ2v) is 8.31. The Morgan fingerprint density at radius 1 is 1.30 bits per heavy atom. The summed E-state index contributed by atoms with van der Waals surface area (Å²) < 4.78 is 6.05. The van der Waals surface area contributed by atoms with Crippen LogP contribution < -0.4 is 5.32 Å². The molecule has 3 nitrogen and oxygen atoms in total. The normalized spacial score (nSPS) is 27.9. The molecule has 1 saturated carbocycles. The van der Waals surface area contributed by atoms with Crippen molar-refractivity contribution < 1.29 is 4.42 Å². The van der Waals surface area contributed by atoms with Crippen molar-refractivity contribution in [2.24, 2.45) is 0 Å². The molecule has 2 heterocycles.